The molecule has 2 aliphatic heterocycles. The van der Waals surface area contributed by atoms with Gasteiger partial charge in [-0.25, -0.2) is 4.98 Å². The van der Waals surface area contributed by atoms with Gasteiger partial charge in [-0.2, -0.15) is 0 Å². The summed E-state index contributed by atoms with van der Waals surface area (Å²) in [4.78, 5) is 20.2. The summed E-state index contributed by atoms with van der Waals surface area (Å²) in [5.41, 5.74) is 0.591. The molecule has 1 aromatic rings. The quantitative estimate of drug-likeness (QED) is 0.859. The second-order valence-corrected chi connectivity index (χ2v) is 5.81. The van der Waals surface area contributed by atoms with Crippen LogP contribution in [0.2, 0.25) is 5.15 Å². The molecule has 3 rings (SSSR count). The van der Waals surface area contributed by atoms with E-state index >= 15 is 0 Å². The molecule has 0 bridgehead atoms. The fraction of sp³-hybridized carbons (Fsp3) is 0.571. The highest BCUT2D eigenvalue weighted by Gasteiger charge is 2.37. The maximum absolute atomic E-state index is 11.7. The van der Waals surface area contributed by atoms with Crippen LogP contribution >= 0.6 is 11.6 Å². The number of aliphatic carboxylic acids is 1. The summed E-state index contributed by atoms with van der Waals surface area (Å²) in [5.74, 6) is -0.855. The number of fused-ring (bicyclic) bond motifs is 1. The number of hydrogen-bond donors (Lipinski definition) is 1. The number of pyridine rings is 1. The van der Waals surface area contributed by atoms with Gasteiger partial charge in [-0.15, -0.1) is 0 Å². The van der Waals surface area contributed by atoms with Crippen LogP contribution in [-0.4, -0.2) is 58.1 Å². The number of aromatic nitrogens is 1. The Bertz CT molecular complexity index is 511. The van der Waals surface area contributed by atoms with Crippen LogP contribution in [0.3, 0.4) is 0 Å². The minimum atomic E-state index is -0.855. The monoisotopic (exact) mass is 295 g/mol. The van der Waals surface area contributed by atoms with Crippen LogP contribution in [-0.2, 0) is 4.79 Å². The summed E-state index contributed by atoms with van der Waals surface area (Å²) < 4.78 is 0. The molecule has 1 unspecified atom stereocenters. The Morgan fingerprint density at radius 2 is 2.30 bits per heavy atom. The SMILES string of the molecule is O=C(O)C(c1cccnc1Cl)N1CCN2CCC[C@@H]2C1. The molecule has 3 heterocycles. The molecule has 0 aliphatic carbocycles. The van der Waals surface area contributed by atoms with Crippen LogP contribution in [0.4, 0.5) is 0 Å². The third kappa shape index (κ3) is 2.53. The van der Waals surface area contributed by atoms with Crippen LogP contribution in [0.5, 0.6) is 0 Å². The summed E-state index contributed by atoms with van der Waals surface area (Å²) in [6.07, 6.45) is 3.95. The predicted octanol–water partition coefficient (Wildman–Crippen LogP) is 1.64. The van der Waals surface area contributed by atoms with Crippen LogP contribution in [0.1, 0.15) is 24.4 Å². The zero-order chi connectivity index (χ0) is 14.1. The van der Waals surface area contributed by atoms with Crippen LogP contribution in [0.25, 0.3) is 0 Å². The Balaban J connectivity index is 1.84. The van der Waals surface area contributed by atoms with Crippen molar-refractivity contribution in [3.8, 4) is 0 Å². The van der Waals surface area contributed by atoms with Gasteiger partial charge in [0.1, 0.15) is 11.2 Å². The maximum Gasteiger partial charge on any atom is 0.325 e. The number of rotatable bonds is 3. The first-order valence-corrected chi connectivity index (χ1v) is 7.36. The minimum Gasteiger partial charge on any atom is -0.480 e. The molecular weight excluding hydrogens is 278 g/mol. The van der Waals surface area contributed by atoms with E-state index < -0.39 is 12.0 Å². The predicted molar refractivity (Wildman–Crippen MR) is 75.8 cm³/mol. The maximum atomic E-state index is 11.7. The lowest BCUT2D eigenvalue weighted by molar-refractivity contribution is -0.144. The van der Waals surface area contributed by atoms with Gasteiger partial charge in [0.15, 0.2) is 0 Å². The zero-order valence-electron chi connectivity index (χ0n) is 11.2. The summed E-state index contributed by atoms with van der Waals surface area (Å²) in [5, 5.41) is 9.89. The third-order valence-electron chi connectivity index (χ3n) is 4.30. The van der Waals surface area contributed by atoms with Gasteiger partial charge >= 0.3 is 5.97 Å². The summed E-state index contributed by atoms with van der Waals surface area (Å²) >= 11 is 6.08. The molecule has 1 aromatic heterocycles. The standard InChI is InChI=1S/C14H18ClN3O2/c15-13-11(4-1-5-16-13)12(14(19)20)18-8-7-17-6-2-3-10(17)9-18/h1,4-5,10,12H,2-3,6-9H2,(H,19,20)/t10-,12?/m1/s1. The van der Waals surface area contributed by atoms with E-state index in [1.165, 1.54) is 6.42 Å². The number of carboxylic acid groups (broad SMARTS) is 1. The average Bonchev–Trinajstić information content (AvgIpc) is 2.88. The first kappa shape index (κ1) is 13.8. The Labute approximate surface area is 123 Å². The molecule has 6 heteroatoms. The number of carboxylic acids is 1. The van der Waals surface area contributed by atoms with Crippen molar-refractivity contribution in [2.45, 2.75) is 24.9 Å². The van der Waals surface area contributed by atoms with Gasteiger partial charge in [0.2, 0.25) is 0 Å². The second kappa shape index (κ2) is 5.68. The first-order chi connectivity index (χ1) is 9.66. The van der Waals surface area contributed by atoms with E-state index in [-0.39, 0.29) is 5.15 Å². The number of piperazine rings is 1. The molecule has 0 aromatic carbocycles. The van der Waals surface area contributed by atoms with Crippen LogP contribution in [0, 0.1) is 0 Å². The van der Waals surface area contributed by atoms with E-state index in [2.05, 4.69) is 9.88 Å². The molecule has 2 atom stereocenters. The van der Waals surface area contributed by atoms with Crippen molar-refractivity contribution in [2.75, 3.05) is 26.2 Å². The van der Waals surface area contributed by atoms with Crippen molar-refractivity contribution in [2.24, 2.45) is 0 Å². The molecule has 20 heavy (non-hydrogen) atoms. The van der Waals surface area contributed by atoms with E-state index in [1.807, 2.05) is 4.90 Å². The zero-order valence-corrected chi connectivity index (χ0v) is 12.0. The van der Waals surface area contributed by atoms with Crippen molar-refractivity contribution in [1.29, 1.82) is 0 Å². The number of nitrogens with zero attached hydrogens (tertiary/aromatic N) is 3. The fourth-order valence-corrected chi connectivity index (χ4v) is 3.56. The topological polar surface area (TPSA) is 56.7 Å². The van der Waals surface area contributed by atoms with Gasteiger partial charge in [-0.05, 0) is 25.5 Å². The Morgan fingerprint density at radius 1 is 1.45 bits per heavy atom. The largest absolute Gasteiger partial charge is 0.480 e. The molecule has 0 saturated carbocycles. The number of carbonyl (C=O) groups is 1. The number of hydrogen-bond acceptors (Lipinski definition) is 4. The Hall–Kier alpha value is -1.17. The molecule has 0 amide bonds. The van der Waals surface area contributed by atoms with E-state index in [0.29, 0.717) is 11.6 Å². The second-order valence-electron chi connectivity index (χ2n) is 5.45. The van der Waals surface area contributed by atoms with E-state index in [0.717, 1.165) is 32.6 Å². The highest BCUT2D eigenvalue weighted by atomic mass is 35.5. The van der Waals surface area contributed by atoms with Gasteiger partial charge in [0.05, 0.1) is 0 Å². The van der Waals surface area contributed by atoms with Crippen molar-refractivity contribution in [3.63, 3.8) is 0 Å². The lowest BCUT2D eigenvalue weighted by Crippen LogP contribution is -2.52. The highest BCUT2D eigenvalue weighted by Crippen LogP contribution is 2.30. The van der Waals surface area contributed by atoms with Crippen molar-refractivity contribution >= 4 is 17.6 Å². The molecule has 5 nitrogen and oxygen atoms in total. The summed E-state index contributed by atoms with van der Waals surface area (Å²) in [6.45, 7) is 3.64. The first-order valence-electron chi connectivity index (χ1n) is 6.98. The smallest absolute Gasteiger partial charge is 0.325 e. The third-order valence-corrected chi connectivity index (χ3v) is 4.62. The van der Waals surface area contributed by atoms with Gasteiger partial charge in [0, 0.05) is 37.4 Å². The van der Waals surface area contributed by atoms with Crippen LogP contribution < -0.4 is 0 Å². The van der Waals surface area contributed by atoms with E-state index in [1.54, 1.807) is 18.3 Å². The van der Waals surface area contributed by atoms with Gasteiger partial charge in [-0.1, -0.05) is 17.7 Å². The lowest BCUT2D eigenvalue weighted by atomic mass is 10.0. The van der Waals surface area contributed by atoms with Crippen LogP contribution in [0.15, 0.2) is 18.3 Å². The molecule has 1 N–H and O–H groups in total. The molecular formula is C14H18ClN3O2. The van der Waals surface area contributed by atoms with Crippen molar-refractivity contribution < 1.29 is 9.90 Å². The van der Waals surface area contributed by atoms with E-state index in [9.17, 15) is 9.90 Å². The van der Waals surface area contributed by atoms with Crippen molar-refractivity contribution in [3.05, 3.63) is 29.0 Å². The molecule has 0 spiro atoms. The molecule has 2 fully saturated rings. The highest BCUT2D eigenvalue weighted by molar-refractivity contribution is 6.30. The Morgan fingerprint density at radius 3 is 3.05 bits per heavy atom. The van der Waals surface area contributed by atoms with Gasteiger partial charge < -0.3 is 5.11 Å². The molecule has 2 aliphatic rings. The summed E-state index contributed by atoms with van der Waals surface area (Å²) in [7, 11) is 0. The lowest BCUT2D eigenvalue weighted by Gasteiger charge is -2.40. The van der Waals surface area contributed by atoms with Gasteiger partial charge in [-0.3, -0.25) is 14.6 Å². The average molecular weight is 296 g/mol. The molecule has 2 saturated heterocycles. The van der Waals surface area contributed by atoms with Crippen molar-refractivity contribution in [1.82, 2.24) is 14.8 Å². The normalized spacial score (nSPS) is 25.4. The summed E-state index contributed by atoms with van der Waals surface area (Å²) in [6, 6.07) is 3.29. The number of halogens is 1. The molecule has 0 radical (unpaired) electrons. The minimum absolute atomic E-state index is 0.286. The van der Waals surface area contributed by atoms with E-state index in [4.69, 9.17) is 11.6 Å². The fourth-order valence-electron chi connectivity index (χ4n) is 3.34. The van der Waals surface area contributed by atoms with Gasteiger partial charge in [0.25, 0.3) is 0 Å². The molecule has 108 valence electrons. The Kier molecular flexibility index (Phi) is 3.92.